The maximum absolute atomic E-state index is 13.7. The van der Waals surface area contributed by atoms with Crippen LogP contribution >= 0.6 is 67.8 Å². The minimum Gasteiger partial charge on any atom is -0.497 e. The average molecular weight is 1940 g/mol. The number of fused-ring (bicyclic) bond motifs is 6. The summed E-state index contributed by atoms with van der Waals surface area (Å²) in [6, 6.07) is 47.1. The van der Waals surface area contributed by atoms with Crippen LogP contribution in [0.3, 0.4) is 0 Å². The van der Waals surface area contributed by atoms with Gasteiger partial charge in [0.15, 0.2) is 42.4 Å². The second-order valence-corrected chi connectivity index (χ2v) is 26.8. The highest BCUT2D eigenvalue weighted by Crippen LogP contribution is 2.28. The molecule has 12 aromatic heterocycles. The second-order valence-electron chi connectivity index (χ2n) is 23.3. The van der Waals surface area contributed by atoms with Crippen molar-refractivity contribution in [2.24, 2.45) is 0 Å². The number of nitrogens with two attached hydrogens (primary N) is 1. The van der Waals surface area contributed by atoms with Crippen molar-refractivity contribution in [3.8, 4) is 57.4 Å². The molecule has 0 saturated heterocycles. The number of hydrogen-bond acceptors (Lipinski definition) is 24. The molecule has 0 radical (unpaired) electrons. The maximum atomic E-state index is 13.7. The van der Waals surface area contributed by atoms with Crippen LogP contribution in [0, 0.1) is 10.7 Å². The summed E-state index contributed by atoms with van der Waals surface area (Å²) >= 11 is 5.84. The fourth-order valence-corrected chi connectivity index (χ4v) is 11.5. The largest absolute Gasteiger partial charge is 0.497 e. The predicted molar refractivity (Wildman–Crippen MR) is 440 cm³/mol. The minimum absolute atomic E-state index is 0.00289. The van der Waals surface area contributed by atoms with E-state index in [2.05, 4.69) is 50.3 Å². The molecule has 15 aromatic rings. The number of H-pyrrole nitrogens is 2. The Bertz CT molecular complexity index is 6070. The Kier molecular flexibility index (Phi) is 32.2. The summed E-state index contributed by atoms with van der Waals surface area (Å²) in [5.41, 5.74) is 10.4. The van der Waals surface area contributed by atoms with Crippen LogP contribution in [0.5, 0.6) is 34.9 Å². The molecule has 0 aliphatic carbocycles. The fraction of sp³-hybridized carbons (Fsp3) is 0.151. The lowest BCUT2D eigenvalue weighted by molar-refractivity contribution is 0.0700. The highest BCUT2D eigenvalue weighted by Gasteiger charge is 2.19. The first-order valence-corrected chi connectivity index (χ1v) is 36.6. The van der Waals surface area contributed by atoms with E-state index in [-0.39, 0.29) is 45.5 Å². The van der Waals surface area contributed by atoms with Crippen molar-refractivity contribution in [1.82, 2.24) is 68.2 Å². The van der Waals surface area contributed by atoms with E-state index in [0.29, 0.717) is 106 Å². The lowest BCUT2D eigenvalue weighted by atomic mass is 9.80. The molecule has 0 aliphatic rings. The number of rotatable bonds is 18. The Hall–Kier alpha value is -11.5. The SMILES string of the molecule is COc1ccc(-n2c(=O)c(-c3ccc4nncn4c3)cc3ccc(OCC(F)F)nc32)cc1.COc1ccc(-n2c(=O)c(I)cc3ccc(OCC(F)F)nc32)cc1.COc1ccc(B(O)O)cc1.Nc1ccc2cc(I)c(=O)[nH]c2n1.O=c1[nH]c2nc(OCC(F)F)ccc2cc1I.OB(O)c1ccc2nncn2c1.OCC(F)F. The van der Waals surface area contributed by atoms with E-state index in [4.69, 9.17) is 59.4 Å². The second kappa shape index (κ2) is 42.2. The van der Waals surface area contributed by atoms with E-state index < -0.39 is 66.4 Å². The van der Waals surface area contributed by atoms with E-state index in [9.17, 15) is 54.3 Å². The van der Waals surface area contributed by atoms with Gasteiger partial charge in [0, 0.05) is 63.3 Å². The summed E-state index contributed by atoms with van der Waals surface area (Å²) < 4.78 is 133. The molecule has 15 rings (SSSR count). The van der Waals surface area contributed by atoms with Gasteiger partial charge in [0.2, 0.25) is 17.6 Å². The Morgan fingerprint density at radius 2 is 0.836 bits per heavy atom. The lowest BCUT2D eigenvalue weighted by Gasteiger charge is -2.14. The molecule has 0 saturated carbocycles. The maximum Gasteiger partial charge on any atom is 0.489 e. The molecule has 602 valence electrons. The van der Waals surface area contributed by atoms with Crippen LogP contribution in [0.2, 0.25) is 0 Å². The Balaban J connectivity index is 0.000000164. The number of aliphatic hydroxyl groups is 1. The van der Waals surface area contributed by atoms with Crippen molar-refractivity contribution in [3.63, 3.8) is 0 Å². The van der Waals surface area contributed by atoms with Gasteiger partial charge in [-0.3, -0.25) is 37.1 Å². The van der Waals surface area contributed by atoms with Gasteiger partial charge in [-0.25, -0.2) is 40.1 Å². The molecule has 0 spiro atoms. The monoisotopic (exact) mass is 1940 g/mol. The van der Waals surface area contributed by atoms with Gasteiger partial charge in [-0.15, -0.1) is 20.4 Å². The molecule has 0 bridgehead atoms. The highest BCUT2D eigenvalue weighted by molar-refractivity contribution is 14.1. The number of aromatic amines is 2. The zero-order valence-corrected chi connectivity index (χ0v) is 66.7. The molecule has 0 unspecified atom stereocenters. The molecule has 9 N–H and O–H groups in total. The molecule has 0 amide bonds. The van der Waals surface area contributed by atoms with Crippen LogP contribution in [-0.2, 0) is 0 Å². The average Bonchev–Trinajstić information content (AvgIpc) is 0.937. The number of halogens is 11. The number of aliphatic hydroxyl groups excluding tert-OH is 1. The third-order valence-corrected chi connectivity index (χ3v) is 17.8. The molecule has 116 heavy (non-hydrogen) atoms. The van der Waals surface area contributed by atoms with Crippen molar-refractivity contribution in [2.75, 3.05) is 53.5 Å². The molecule has 30 nitrogen and oxygen atoms in total. The van der Waals surface area contributed by atoms with Gasteiger partial charge < -0.3 is 69.3 Å². The van der Waals surface area contributed by atoms with Gasteiger partial charge in [-0.05, 0) is 212 Å². The number of ether oxygens (including phenoxy) is 6. The number of anilines is 1. The fourth-order valence-electron chi connectivity index (χ4n) is 10.0. The summed E-state index contributed by atoms with van der Waals surface area (Å²) in [6.07, 6.45) is -3.96. The lowest BCUT2D eigenvalue weighted by Crippen LogP contribution is -2.30. The molecule has 43 heteroatoms. The smallest absolute Gasteiger partial charge is 0.489 e. The highest BCUT2D eigenvalue weighted by atomic mass is 127. The standard InChI is InChI=1S/C23H17F2N5O3.C17H13F2IN2O3.C10H7F2IN2O2.C8H6IN3O.C7H9BO3.C6H6BN3O2.C2H4F2O/c1-32-17-6-4-16(5-7-17)30-22-14(3-9-21(27-22)33-12-19(24)25)10-18(23(30)31)15-2-8-20-28-26-13-29(20)11-15;1-24-12-5-3-11(4-6-12)22-16-10(8-13(20)17(22)23)2-7-15(21-16)25-9-14(18)19;11-7(12)4-17-8-2-1-5-3-6(13)10(16)15-9(5)14-8;9-5-3-4-1-2-6(10)11-7(4)12-8(5)13;1-11-7-4-2-6(3-5-7)8(9)10;11-7(12)5-1-2-6-9-8-4-10(6)3-5;3-2(4)1-5/h2-11,13,19H,12H2,1H3;2-8,14H,9H2,1H3;1-3,7H,4H2,(H,14,15,16);1-3H,(H3,10,11,12,13);2-5,9-10H,1H3;1-4,11-12H;2,5H,1H2. The number of aromatic nitrogens is 14. The number of alkyl halides is 8. The third-order valence-electron chi connectivity index (χ3n) is 15.4. The minimum atomic E-state index is -2.64. The molecule has 12 heterocycles. The summed E-state index contributed by atoms with van der Waals surface area (Å²) in [5.74, 6) is 2.49. The van der Waals surface area contributed by atoms with Crippen molar-refractivity contribution in [2.45, 2.75) is 25.7 Å². The van der Waals surface area contributed by atoms with Crippen LogP contribution < -0.4 is 67.3 Å². The van der Waals surface area contributed by atoms with Crippen LogP contribution in [0.1, 0.15) is 0 Å². The molecular weight excluding hydrogens is 1880 g/mol. The van der Waals surface area contributed by atoms with E-state index in [1.54, 1.807) is 194 Å². The van der Waals surface area contributed by atoms with Gasteiger partial charge in [0.25, 0.3) is 47.9 Å². The van der Waals surface area contributed by atoms with Crippen LogP contribution in [0.4, 0.5) is 40.9 Å². The Morgan fingerprint density at radius 3 is 1.28 bits per heavy atom. The normalized spacial score (nSPS) is 10.8. The Morgan fingerprint density at radius 1 is 0.448 bits per heavy atom. The zero-order valence-electron chi connectivity index (χ0n) is 60.2. The number of hydrogen-bond donors (Lipinski definition) is 8. The Labute approximate surface area is 689 Å². The number of nitrogens with zero attached hydrogens (tertiary/aromatic N) is 12. The van der Waals surface area contributed by atoms with Crippen LogP contribution in [0.25, 0.3) is 77.9 Å². The topological polar surface area (TPSA) is 404 Å². The van der Waals surface area contributed by atoms with Crippen molar-refractivity contribution >= 4 is 154 Å². The number of nitrogens with one attached hydrogen (secondary N) is 2. The number of methoxy groups -OCH3 is 3. The van der Waals surface area contributed by atoms with Gasteiger partial charge in [-0.2, -0.15) is 15.0 Å². The first-order valence-electron chi connectivity index (χ1n) is 33.3. The number of benzene rings is 3. The van der Waals surface area contributed by atoms with Crippen LogP contribution in [-0.4, -0.2) is 181 Å². The quantitative estimate of drug-likeness (QED) is 0.0226. The zero-order chi connectivity index (χ0) is 83.9. The molecule has 0 fully saturated rings. The molecule has 0 atom stereocenters. The van der Waals surface area contributed by atoms with Gasteiger partial charge in [0.1, 0.15) is 53.6 Å². The van der Waals surface area contributed by atoms with E-state index in [0.717, 1.165) is 10.8 Å². The molecule has 3 aromatic carbocycles. The van der Waals surface area contributed by atoms with Crippen molar-refractivity contribution in [1.29, 1.82) is 0 Å². The third kappa shape index (κ3) is 24.5. The summed E-state index contributed by atoms with van der Waals surface area (Å²) in [4.78, 5) is 70.6. The van der Waals surface area contributed by atoms with Crippen LogP contribution in [0.15, 0.2) is 214 Å². The van der Waals surface area contributed by atoms with E-state index in [1.165, 1.54) is 33.7 Å². The molecular formula is C73H62B2F8I3N15O15. The van der Waals surface area contributed by atoms with Gasteiger partial charge in [0.05, 0.1) is 43.4 Å². The van der Waals surface area contributed by atoms with Crippen molar-refractivity contribution < 1.29 is 88.7 Å². The summed E-state index contributed by atoms with van der Waals surface area (Å²) in [5, 5.41) is 60.7. The van der Waals surface area contributed by atoms with E-state index in [1.807, 2.05) is 73.8 Å². The number of nitrogen functional groups attached to an aromatic ring is 1. The van der Waals surface area contributed by atoms with Gasteiger partial charge in [-0.1, -0.05) is 18.2 Å². The summed E-state index contributed by atoms with van der Waals surface area (Å²) in [6.45, 7) is -3.29. The first-order chi connectivity index (χ1) is 55.5. The molecule has 0 aliphatic heterocycles. The first kappa shape index (κ1) is 88.4. The van der Waals surface area contributed by atoms with Crippen molar-refractivity contribution in [3.05, 3.63) is 247 Å². The van der Waals surface area contributed by atoms with E-state index >= 15 is 0 Å². The summed E-state index contributed by atoms with van der Waals surface area (Å²) in [7, 11) is 1.81. The predicted octanol–water partition coefficient (Wildman–Crippen LogP) is 8.70. The number of pyridine rings is 10. The van der Waals surface area contributed by atoms with Gasteiger partial charge >= 0.3 is 14.2 Å².